The van der Waals surface area contributed by atoms with E-state index in [2.05, 4.69) is 20.6 Å². The number of hydrogen-bond acceptors (Lipinski definition) is 6. The standard InChI is InChI=1S/C12H19ClN4O2/c1-14-10-11(13)16-8-17-12(10)15-4-6-18-7-9-3-2-5-19-9/h8-9,14H,2-7H2,1H3,(H,15,16,17). The van der Waals surface area contributed by atoms with Crippen LogP contribution in [0.4, 0.5) is 11.5 Å². The van der Waals surface area contributed by atoms with Crippen molar-refractivity contribution in [2.75, 3.05) is 44.0 Å². The lowest BCUT2D eigenvalue weighted by Crippen LogP contribution is -2.18. The Morgan fingerprint density at radius 3 is 3.16 bits per heavy atom. The molecule has 1 aromatic heterocycles. The van der Waals surface area contributed by atoms with E-state index in [0.29, 0.717) is 36.4 Å². The van der Waals surface area contributed by atoms with Crippen molar-refractivity contribution in [1.29, 1.82) is 0 Å². The van der Waals surface area contributed by atoms with Gasteiger partial charge in [0.2, 0.25) is 0 Å². The molecule has 2 rings (SSSR count). The summed E-state index contributed by atoms with van der Waals surface area (Å²) in [6.45, 7) is 2.78. The van der Waals surface area contributed by atoms with Crippen LogP contribution in [0.25, 0.3) is 0 Å². The summed E-state index contributed by atoms with van der Waals surface area (Å²) in [6.07, 6.45) is 3.93. The Morgan fingerprint density at radius 1 is 1.53 bits per heavy atom. The fourth-order valence-electron chi connectivity index (χ4n) is 1.95. The van der Waals surface area contributed by atoms with Crippen molar-refractivity contribution in [2.24, 2.45) is 0 Å². The summed E-state index contributed by atoms with van der Waals surface area (Å²) in [5.74, 6) is 0.684. The van der Waals surface area contributed by atoms with Gasteiger partial charge in [0.1, 0.15) is 12.0 Å². The van der Waals surface area contributed by atoms with Crippen molar-refractivity contribution in [2.45, 2.75) is 18.9 Å². The molecule has 2 N–H and O–H groups in total. The molecule has 0 amide bonds. The van der Waals surface area contributed by atoms with Gasteiger partial charge in [-0.2, -0.15) is 0 Å². The highest BCUT2D eigenvalue weighted by molar-refractivity contribution is 6.32. The Balaban J connectivity index is 1.69. The number of hydrogen-bond donors (Lipinski definition) is 2. The summed E-state index contributed by atoms with van der Waals surface area (Å²) >= 11 is 5.95. The second-order valence-corrected chi connectivity index (χ2v) is 4.63. The van der Waals surface area contributed by atoms with Crippen LogP contribution < -0.4 is 10.6 Å². The molecule has 1 aliphatic heterocycles. The Morgan fingerprint density at radius 2 is 2.42 bits per heavy atom. The predicted octanol–water partition coefficient (Wildman–Crippen LogP) is 1.78. The first-order chi connectivity index (χ1) is 9.31. The zero-order valence-corrected chi connectivity index (χ0v) is 11.7. The van der Waals surface area contributed by atoms with Crippen molar-refractivity contribution in [3.8, 4) is 0 Å². The molecule has 1 unspecified atom stereocenters. The van der Waals surface area contributed by atoms with Gasteiger partial charge in [-0.15, -0.1) is 0 Å². The maximum absolute atomic E-state index is 5.95. The molecule has 1 fully saturated rings. The van der Waals surface area contributed by atoms with E-state index in [0.717, 1.165) is 19.4 Å². The van der Waals surface area contributed by atoms with Crippen LogP contribution in [-0.2, 0) is 9.47 Å². The van der Waals surface area contributed by atoms with Crippen LogP contribution in [0.1, 0.15) is 12.8 Å². The van der Waals surface area contributed by atoms with Crippen molar-refractivity contribution in [3.63, 3.8) is 0 Å². The van der Waals surface area contributed by atoms with E-state index in [1.165, 1.54) is 6.33 Å². The molecule has 0 bridgehead atoms. The van der Waals surface area contributed by atoms with E-state index in [4.69, 9.17) is 21.1 Å². The van der Waals surface area contributed by atoms with Crippen LogP contribution in [0.3, 0.4) is 0 Å². The fourth-order valence-corrected chi connectivity index (χ4v) is 2.18. The number of nitrogens with zero attached hydrogens (tertiary/aromatic N) is 2. The molecular formula is C12H19ClN4O2. The average molecular weight is 287 g/mol. The summed E-state index contributed by atoms with van der Waals surface area (Å²) in [4.78, 5) is 8.05. The van der Waals surface area contributed by atoms with E-state index in [1.54, 1.807) is 7.05 Å². The highest BCUT2D eigenvalue weighted by Crippen LogP contribution is 2.24. The van der Waals surface area contributed by atoms with Crippen LogP contribution in [0.5, 0.6) is 0 Å². The molecule has 0 spiro atoms. The van der Waals surface area contributed by atoms with Crippen molar-refractivity contribution in [3.05, 3.63) is 11.5 Å². The smallest absolute Gasteiger partial charge is 0.157 e. The lowest BCUT2D eigenvalue weighted by molar-refractivity contribution is 0.0206. The van der Waals surface area contributed by atoms with Gasteiger partial charge in [0.15, 0.2) is 11.0 Å². The largest absolute Gasteiger partial charge is 0.383 e. The van der Waals surface area contributed by atoms with Gasteiger partial charge in [0.05, 0.1) is 19.3 Å². The number of anilines is 2. The van der Waals surface area contributed by atoms with E-state index in [1.807, 2.05) is 0 Å². The fraction of sp³-hybridized carbons (Fsp3) is 0.667. The topological polar surface area (TPSA) is 68.3 Å². The quantitative estimate of drug-likeness (QED) is 0.588. The molecule has 0 saturated carbocycles. The molecule has 1 atom stereocenters. The average Bonchev–Trinajstić information content (AvgIpc) is 2.92. The Bertz CT molecular complexity index is 399. The summed E-state index contributed by atoms with van der Waals surface area (Å²) in [5, 5.41) is 6.54. The van der Waals surface area contributed by atoms with Gasteiger partial charge in [-0.3, -0.25) is 0 Å². The number of nitrogens with one attached hydrogen (secondary N) is 2. The number of aromatic nitrogens is 2. The first-order valence-corrected chi connectivity index (χ1v) is 6.80. The minimum absolute atomic E-state index is 0.265. The third kappa shape index (κ3) is 4.19. The monoisotopic (exact) mass is 286 g/mol. The third-order valence-electron chi connectivity index (χ3n) is 2.92. The molecule has 1 aromatic rings. The van der Waals surface area contributed by atoms with E-state index in [-0.39, 0.29) is 6.10 Å². The second kappa shape index (κ2) is 7.47. The number of halogens is 1. The maximum atomic E-state index is 5.95. The van der Waals surface area contributed by atoms with Crippen molar-refractivity contribution < 1.29 is 9.47 Å². The minimum Gasteiger partial charge on any atom is -0.383 e. The van der Waals surface area contributed by atoms with Gasteiger partial charge in [-0.05, 0) is 12.8 Å². The first kappa shape index (κ1) is 14.3. The summed E-state index contributed by atoms with van der Waals surface area (Å²) in [5.41, 5.74) is 0.697. The van der Waals surface area contributed by atoms with Crippen molar-refractivity contribution in [1.82, 2.24) is 9.97 Å². The van der Waals surface area contributed by atoms with Crippen LogP contribution >= 0.6 is 11.6 Å². The van der Waals surface area contributed by atoms with Gasteiger partial charge in [0.25, 0.3) is 0 Å². The van der Waals surface area contributed by atoms with Crippen LogP contribution in [0.2, 0.25) is 5.15 Å². The maximum Gasteiger partial charge on any atom is 0.157 e. The molecule has 1 aliphatic rings. The molecule has 106 valence electrons. The van der Waals surface area contributed by atoms with E-state index < -0.39 is 0 Å². The minimum atomic E-state index is 0.265. The highest BCUT2D eigenvalue weighted by Gasteiger charge is 2.15. The van der Waals surface area contributed by atoms with Gasteiger partial charge in [-0.1, -0.05) is 11.6 Å². The molecule has 6 nitrogen and oxygen atoms in total. The molecule has 1 saturated heterocycles. The number of rotatable bonds is 7. The van der Waals surface area contributed by atoms with Gasteiger partial charge < -0.3 is 20.1 Å². The molecule has 2 heterocycles. The Labute approximate surface area is 117 Å². The van der Waals surface area contributed by atoms with Crippen molar-refractivity contribution >= 4 is 23.1 Å². The Hall–Kier alpha value is -1.11. The van der Waals surface area contributed by atoms with Gasteiger partial charge >= 0.3 is 0 Å². The highest BCUT2D eigenvalue weighted by atomic mass is 35.5. The van der Waals surface area contributed by atoms with Crippen LogP contribution in [0.15, 0.2) is 6.33 Å². The summed E-state index contributed by atoms with van der Waals surface area (Å²) < 4.78 is 11.0. The number of ether oxygens (including phenoxy) is 2. The van der Waals surface area contributed by atoms with Gasteiger partial charge in [0, 0.05) is 20.2 Å². The Kier molecular flexibility index (Phi) is 5.62. The zero-order valence-electron chi connectivity index (χ0n) is 11.0. The summed E-state index contributed by atoms with van der Waals surface area (Å²) in [7, 11) is 1.78. The molecule has 19 heavy (non-hydrogen) atoms. The van der Waals surface area contributed by atoms with Gasteiger partial charge in [-0.25, -0.2) is 9.97 Å². The van der Waals surface area contributed by atoms with Crippen LogP contribution in [0, 0.1) is 0 Å². The lowest BCUT2D eigenvalue weighted by atomic mass is 10.2. The predicted molar refractivity (Wildman–Crippen MR) is 74.9 cm³/mol. The SMILES string of the molecule is CNc1c(Cl)ncnc1NCCOCC1CCCO1. The summed E-state index contributed by atoms with van der Waals surface area (Å²) in [6, 6.07) is 0. The molecule has 0 radical (unpaired) electrons. The zero-order chi connectivity index (χ0) is 13.5. The normalized spacial score (nSPS) is 18.5. The first-order valence-electron chi connectivity index (χ1n) is 6.42. The molecule has 7 heteroatoms. The lowest BCUT2D eigenvalue weighted by Gasteiger charge is -2.12. The van der Waals surface area contributed by atoms with Crippen LogP contribution in [-0.4, -0.2) is 49.5 Å². The second-order valence-electron chi connectivity index (χ2n) is 4.27. The van der Waals surface area contributed by atoms with E-state index in [9.17, 15) is 0 Å². The molecule has 0 aromatic carbocycles. The molecular weight excluding hydrogens is 268 g/mol. The third-order valence-corrected chi connectivity index (χ3v) is 3.20. The molecule has 0 aliphatic carbocycles. The van der Waals surface area contributed by atoms with E-state index >= 15 is 0 Å².